The number of methoxy groups -OCH3 is 1. The van der Waals surface area contributed by atoms with E-state index in [1.165, 1.54) is 7.11 Å². The molecule has 0 aliphatic rings. The van der Waals surface area contributed by atoms with Crippen LogP contribution in [0.2, 0.25) is 0 Å². The van der Waals surface area contributed by atoms with Crippen molar-refractivity contribution in [1.29, 1.82) is 0 Å². The highest BCUT2D eigenvalue weighted by Crippen LogP contribution is 1.90. The molecule has 0 radical (unpaired) electrons. The zero-order valence-electron chi connectivity index (χ0n) is 6.36. The summed E-state index contributed by atoms with van der Waals surface area (Å²) >= 11 is 0. The zero-order chi connectivity index (χ0) is 8.91. The largest absolute Gasteiger partial charge is 0.469 e. The van der Waals surface area contributed by atoms with Gasteiger partial charge in [0.2, 0.25) is 0 Å². The van der Waals surface area contributed by atoms with E-state index in [0.29, 0.717) is 0 Å². The van der Waals surface area contributed by atoms with Crippen LogP contribution in [0, 0.1) is 0 Å². The van der Waals surface area contributed by atoms with Gasteiger partial charge in [0.1, 0.15) is 0 Å². The van der Waals surface area contributed by atoms with Crippen LogP contribution in [0.3, 0.4) is 0 Å². The van der Waals surface area contributed by atoms with Gasteiger partial charge in [-0.05, 0) is 0 Å². The summed E-state index contributed by atoms with van der Waals surface area (Å²) in [7, 11) is -2.21. The van der Waals surface area contributed by atoms with Crippen molar-refractivity contribution in [2.75, 3.05) is 20.0 Å². The van der Waals surface area contributed by atoms with Crippen molar-refractivity contribution in [3.8, 4) is 0 Å². The molecule has 6 heteroatoms. The predicted octanol–water partition coefficient (Wildman–Crippen LogP) is -0.474. The lowest BCUT2D eigenvalue weighted by atomic mass is 10.5. The second kappa shape index (κ2) is 4.30. The van der Waals surface area contributed by atoms with Crippen LogP contribution < -0.4 is 0 Å². The molecule has 0 spiro atoms. The summed E-state index contributed by atoms with van der Waals surface area (Å²) in [6.07, 6.45) is 0.869. The van der Waals surface area contributed by atoms with Gasteiger partial charge in [0.15, 0.2) is 0 Å². The van der Waals surface area contributed by atoms with Crippen LogP contribution in [0.4, 0.5) is 0 Å². The Balaban J connectivity index is 3.51. The summed E-state index contributed by atoms with van der Waals surface area (Å²) in [5.74, 6) is -0.492. The Morgan fingerprint density at radius 2 is 2.00 bits per heavy atom. The molecular weight excluding hydrogens is 172 g/mol. The van der Waals surface area contributed by atoms with Crippen molar-refractivity contribution < 1.29 is 22.1 Å². The first kappa shape index (κ1) is 10.4. The van der Waals surface area contributed by atoms with E-state index < -0.39 is 16.1 Å². The van der Waals surface area contributed by atoms with E-state index in [9.17, 15) is 13.2 Å². The fourth-order valence-electron chi connectivity index (χ4n) is 0.378. The van der Waals surface area contributed by atoms with Gasteiger partial charge in [0.25, 0.3) is 10.1 Å². The van der Waals surface area contributed by atoms with Gasteiger partial charge in [-0.25, -0.2) is 0 Å². The van der Waals surface area contributed by atoms with Crippen molar-refractivity contribution in [3.63, 3.8) is 0 Å². The summed E-state index contributed by atoms with van der Waals surface area (Å²) in [5.41, 5.74) is 0. The van der Waals surface area contributed by atoms with E-state index in [1.807, 2.05) is 0 Å². The van der Waals surface area contributed by atoms with Gasteiger partial charge in [-0.1, -0.05) is 0 Å². The highest BCUT2D eigenvalue weighted by molar-refractivity contribution is 7.85. The van der Waals surface area contributed by atoms with Crippen LogP contribution in [0.1, 0.15) is 6.42 Å². The molecule has 0 bridgehead atoms. The number of hydrogen-bond donors (Lipinski definition) is 0. The maximum Gasteiger partial charge on any atom is 0.307 e. The molecule has 0 aliphatic heterocycles. The average Bonchev–Trinajstić information content (AvgIpc) is 1.85. The third kappa shape index (κ3) is 7.27. The summed E-state index contributed by atoms with van der Waals surface area (Å²) in [4.78, 5) is 10.4. The summed E-state index contributed by atoms with van der Waals surface area (Å²) < 4.78 is 29.2. The Morgan fingerprint density at radius 1 is 1.45 bits per heavy atom. The number of rotatable bonds is 4. The van der Waals surface area contributed by atoms with Gasteiger partial charge in [0.05, 0.1) is 26.4 Å². The molecule has 0 saturated heterocycles. The van der Waals surface area contributed by atoms with Crippen LogP contribution in [-0.2, 0) is 23.8 Å². The van der Waals surface area contributed by atoms with Gasteiger partial charge < -0.3 is 4.74 Å². The Bertz CT molecular complexity index is 217. The molecule has 0 heterocycles. The molecule has 0 saturated carbocycles. The van der Waals surface area contributed by atoms with E-state index in [1.54, 1.807) is 0 Å². The molecule has 0 atom stereocenters. The quantitative estimate of drug-likeness (QED) is 0.434. The van der Waals surface area contributed by atoms with E-state index in [0.717, 1.165) is 6.26 Å². The van der Waals surface area contributed by atoms with E-state index >= 15 is 0 Å². The molecule has 5 nitrogen and oxygen atoms in total. The fourth-order valence-corrected chi connectivity index (χ4v) is 0.765. The van der Waals surface area contributed by atoms with Crippen LogP contribution >= 0.6 is 0 Å². The van der Waals surface area contributed by atoms with Crippen LogP contribution in [0.25, 0.3) is 0 Å². The van der Waals surface area contributed by atoms with Gasteiger partial charge in [-0.3, -0.25) is 8.98 Å². The van der Waals surface area contributed by atoms with Gasteiger partial charge in [-0.15, -0.1) is 0 Å². The molecule has 0 unspecified atom stereocenters. The maximum atomic E-state index is 10.4. The van der Waals surface area contributed by atoms with Crippen molar-refractivity contribution in [1.82, 2.24) is 0 Å². The molecule has 0 aromatic rings. The lowest BCUT2D eigenvalue weighted by Gasteiger charge is -1.98. The summed E-state index contributed by atoms with van der Waals surface area (Å²) in [6.45, 7) is -0.161. The highest BCUT2D eigenvalue weighted by Gasteiger charge is 2.04. The molecule has 0 aromatic carbocycles. The van der Waals surface area contributed by atoms with Crippen molar-refractivity contribution in [2.24, 2.45) is 0 Å². The molecule has 0 N–H and O–H groups in total. The number of ether oxygens (including phenoxy) is 1. The molecule has 0 aliphatic carbocycles. The Labute approximate surface area is 65.4 Å². The van der Waals surface area contributed by atoms with Crippen LogP contribution in [-0.4, -0.2) is 34.4 Å². The number of carbonyl (C=O) groups excluding carboxylic acids is 1. The average molecular weight is 182 g/mol. The van der Waals surface area contributed by atoms with Gasteiger partial charge in [-0.2, -0.15) is 8.42 Å². The van der Waals surface area contributed by atoms with Crippen LogP contribution in [0.5, 0.6) is 0 Å². The smallest absolute Gasteiger partial charge is 0.307 e. The molecule has 0 aromatic heterocycles. The number of hydrogen-bond acceptors (Lipinski definition) is 5. The van der Waals surface area contributed by atoms with E-state index in [4.69, 9.17) is 0 Å². The molecule has 0 amide bonds. The minimum Gasteiger partial charge on any atom is -0.469 e. The van der Waals surface area contributed by atoms with Crippen molar-refractivity contribution >= 4 is 16.1 Å². The fraction of sp³-hybridized carbons (Fsp3) is 0.800. The Morgan fingerprint density at radius 3 is 2.36 bits per heavy atom. The Kier molecular flexibility index (Phi) is 4.06. The lowest BCUT2D eigenvalue weighted by Crippen LogP contribution is -2.09. The molecule has 11 heavy (non-hydrogen) atoms. The van der Waals surface area contributed by atoms with Gasteiger partial charge in [0, 0.05) is 0 Å². The number of carbonyl (C=O) groups is 1. The maximum absolute atomic E-state index is 10.4. The second-order valence-corrected chi connectivity index (χ2v) is 3.50. The predicted molar refractivity (Wildman–Crippen MR) is 37.4 cm³/mol. The summed E-state index contributed by atoms with van der Waals surface area (Å²) in [6, 6.07) is 0. The van der Waals surface area contributed by atoms with Crippen molar-refractivity contribution in [3.05, 3.63) is 0 Å². The first-order valence-electron chi connectivity index (χ1n) is 2.87. The number of esters is 1. The third-order valence-electron chi connectivity index (χ3n) is 0.831. The zero-order valence-corrected chi connectivity index (χ0v) is 7.18. The van der Waals surface area contributed by atoms with Crippen LogP contribution in [0.15, 0.2) is 0 Å². The van der Waals surface area contributed by atoms with E-state index in [-0.39, 0.29) is 13.0 Å². The van der Waals surface area contributed by atoms with E-state index in [2.05, 4.69) is 8.92 Å². The molecule has 0 rings (SSSR count). The second-order valence-electron chi connectivity index (χ2n) is 1.85. The van der Waals surface area contributed by atoms with Gasteiger partial charge >= 0.3 is 5.97 Å². The summed E-state index contributed by atoms with van der Waals surface area (Å²) in [5, 5.41) is 0. The lowest BCUT2D eigenvalue weighted by molar-refractivity contribution is -0.141. The highest BCUT2D eigenvalue weighted by atomic mass is 32.2. The SMILES string of the molecule is COC(=O)CCOS(C)(=O)=O. The standard InChI is InChI=1S/C5H10O5S/c1-9-5(6)3-4-10-11(2,7)8/h3-4H2,1-2H3. The molecule has 66 valence electrons. The molecular formula is C5H10O5S. The monoisotopic (exact) mass is 182 g/mol. The topological polar surface area (TPSA) is 69.7 Å². The molecule has 0 fully saturated rings. The first-order chi connectivity index (χ1) is 4.95. The minimum absolute atomic E-state index is 0.0520. The Hall–Kier alpha value is -0.620. The minimum atomic E-state index is -3.44. The van der Waals surface area contributed by atoms with Crippen molar-refractivity contribution in [2.45, 2.75) is 6.42 Å². The third-order valence-corrected chi connectivity index (χ3v) is 1.43. The first-order valence-corrected chi connectivity index (χ1v) is 4.68. The normalized spacial score (nSPS) is 11.1.